The number of hydrogen-bond acceptors (Lipinski definition) is 4. The largest absolute Gasteiger partial charge is 0.490 e. The molecule has 0 atom stereocenters. The van der Waals surface area contributed by atoms with Gasteiger partial charge in [0.1, 0.15) is 5.82 Å². The molecule has 1 aliphatic rings. The van der Waals surface area contributed by atoms with E-state index in [1.54, 1.807) is 4.68 Å². The molecule has 5 nitrogen and oxygen atoms in total. The van der Waals surface area contributed by atoms with Crippen LogP contribution in [0.5, 0.6) is 11.5 Å². The zero-order chi connectivity index (χ0) is 12.5. The molecule has 2 N–H and O–H groups in total. The van der Waals surface area contributed by atoms with Crippen LogP contribution in [0.2, 0.25) is 0 Å². The normalized spacial score (nSPS) is 14.3. The van der Waals surface area contributed by atoms with E-state index in [1.165, 1.54) is 0 Å². The van der Waals surface area contributed by atoms with Gasteiger partial charge < -0.3 is 15.2 Å². The van der Waals surface area contributed by atoms with Crippen molar-refractivity contribution >= 4 is 5.82 Å². The van der Waals surface area contributed by atoms with Gasteiger partial charge in [0.25, 0.3) is 0 Å². The van der Waals surface area contributed by atoms with E-state index in [0.717, 1.165) is 29.2 Å². The topological polar surface area (TPSA) is 62.3 Å². The maximum Gasteiger partial charge on any atom is 0.161 e. The molecular weight excluding hydrogens is 230 g/mol. The highest BCUT2D eigenvalue weighted by Crippen LogP contribution is 2.34. The standard InChI is InChI=1S/C13H15N3O2/c1-16-10(8-13(14)15-16)9-3-4-11-12(7-9)18-6-2-5-17-11/h3-4,7-8H,2,5-6H2,1H3,(H2,14,15). The molecule has 94 valence electrons. The molecule has 0 unspecified atom stereocenters. The summed E-state index contributed by atoms with van der Waals surface area (Å²) in [6, 6.07) is 7.74. The van der Waals surface area contributed by atoms with Gasteiger partial charge in [-0.1, -0.05) is 0 Å². The summed E-state index contributed by atoms with van der Waals surface area (Å²) >= 11 is 0. The number of anilines is 1. The fourth-order valence-corrected chi connectivity index (χ4v) is 2.08. The Balaban J connectivity index is 2.04. The van der Waals surface area contributed by atoms with Crippen molar-refractivity contribution in [1.29, 1.82) is 0 Å². The molecule has 0 saturated heterocycles. The van der Waals surface area contributed by atoms with Crippen molar-refractivity contribution in [3.8, 4) is 22.8 Å². The van der Waals surface area contributed by atoms with E-state index in [-0.39, 0.29) is 0 Å². The first-order valence-electron chi connectivity index (χ1n) is 5.93. The number of nitrogens with two attached hydrogens (primary N) is 1. The van der Waals surface area contributed by atoms with Gasteiger partial charge in [-0.2, -0.15) is 5.10 Å². The van der Waals surface area contributed by atoms with Crippen LogP contribution in [0.15, 0.2) is 24.3 Å². The number of aryl methyl sites for hydroxylation is 1. The third-order valence-corrected chi connectivity index (χ3v) is 2.94. The zero-order valence-electron chi connectivity index (χ0n) is 10.2. The molecule has 0 saturated carbocycles. The number of benzene rings is 1. The highest BCUT2D eigenvalue weighted by atomic mass is 16.5. The quantitative estimate of drug-likeness (QED) is 0.832. The molecule has 2 aromatic rings. The summed E-state index contributed by atoms with van der Waals surface area (Å²) in [5.41, 5.74) is 7.67. The van der Waals surface area contributed by atoms with Crippen LogP contribution < -0.4 is 15.2 Å². The number of ether oxygens (including phenoxy) is 2. The molecule has 1 aliphatic heterocycles. The van der Waals surface area contributed by atoms with Gasteiger partial charge in [-0.15, -0.1) is 0 Å². The Labute approximate surface area is 105 Å². The average molecular weight is 245 g/mol. The maximum absolute atomic E-state index is 5.69. The Morgan fingerprint density at radius 2 is 1.94 bits per heavy atom. The molecule has 3 rings (SSSR count). The summed E-state index contributed by atoms with van der Waals surface area (Å²) < 4.78 is 13.0. The van der Waals surface area contributed by atoms with Gasteiger partial charge in [0, 0.05) is 25.1 Å². The smallest absolute Gasteiger partial charge is 0.161 e. The first-order chi connectivity index (χ1) is 8.74. The van der Waals surface area contributed by atoms with E-state index in [2.05, 4.69) is 5.10 Å². The molecule has 1 aromatic heterocycles. The van der Waals surface area contributed by atoms with Gasteiger partial charge >= 0.3 is 0 Å². The molecule has 0 radical (unpaired) electrons. The molecule has 2 heterocycles. The number of nitrogens with zero attached hydrogens (tertiary/aromatic N) is 2. The van der Waals surface area contributed by atoms with E-state index >= 15 is 0 Å². The van der Waals surface area contributed by atoms with Gasteiger partial charge in [0.2, 0.25) is 0 Å². The summed E-state index contributed by atoms with van der Waals surface area (Å²) in [5.74, 6) is 2.09. The molecule has 0 fully saturated rings. The van der Waals surface area contributed by atoms with Crippen LogP contribution in [0.1, 0.15) is 6.42 Å². The average Bonchev–Trinajstić information content (AvgIpc) is 2.58. The van der Waals surface area contributed by atoms with Crippen molar-refractivity contribution in [3.63, 3.8) is 0 Å². The van der Waals surface area contributed by atoms with Crippen LogP contribution in [0.4, 0.5) is 5.82 Å². The predicted octanol–water partition coefficient (Wildman–Crippen LogP) is 1.83. The zero-order valence-corrected chi connectivity index (χ0v) is 10.2. The molecule has 18 heavy (non-hydrogen) atoms. The minimum Gasteiger partial charge on any atom is -0.490 e. The molecule has 0 aliphatic carbocycles. The minimum absolute atomic E-state index is 0.514. The molecule has 0 amide bonds. The Bertz CT molecular complexity index is 578. The summed E-state index contributed by atoms with van der Waals surface area (Å²) in [6.07, 6.45) is 0.905. The lowest BCUT2D eigenvalue weighted by molar-refractivity contribution is 0.297. The number of aromatic nitrogens is 2. The van der Waals surface area contributed by atoms with Crippen molar-refractivity contribution in [2.75, 3.05) is 18.9 Å². The Morgan fingerprint density at radius 1 is 1.17 bits per heavy atom. The van der Waals surface area contributed by atoms with Gasteiger partial charge in [0.05, 0.1) is 18.9 Å². The monoisotopic (exact) mass is 245 g/mol. The van der Waals surface area contributed by atoms with Gasteiger partial charge in [-0.3, -0.25) is 4.68 Å². The predicted molar refractivity (Wildman–Crippen MR) is 68.7 cm³/mol. The summed E-state index contributed by atoms with van der Waals surface area (Å²) in [5, 5.41) is 4.14. The van der Waals surface area contributed by atoms with Crippen molar-refractivity contribution in [2.24, 2.45) is 7.05 Å². The molecule has 1 aromatic carbocycles. The highest BCUT2D eigenvalue weighted by Gasteiger charge is 2.13. The number of fused-ring (bicyclic) bond motifs is 1. The Kier molecular flexibility index (Phi) is 2.59. The SMILES string of the molecule is Cn1nc(N)cc1-c1ccc2c(c1)OCCCO2. The van der Waals surface area contributed by atoms with Crippen LogP contribution in [0.25, 0.3) is 11.3 Å². The molecule has 5 heteroatoms. The first kappa shape index (κ1) is 11.0. The summed E-state index contributed by atoms with van der Waals surface area (Å²) in [6.45, 7) is 1.38. The second-order valence-corrected chi connectivity index (χ2v) is 4.29. The fourth-order valence-electron chi connectivity index (χ4n) is 2.08. The Morgan fingerprint density at radius 3 is 2.67 bits per heavy atom. The van der Waals surface area contributed by atoms with Crippen LogP contribution in [0, 0.1) is 0 Å². The lowest BCUT2D eigenvalue weighted by atomic mass is 10.1. The van der Waals surface area contributed by atoms with E-state index in [1.807, 2.05) is 31.3 Å². The second-order valence-electron chi connectivity index (χ2n) is 4.29. The Hall–Kier alpha value is -2.17. The van der Waals surface area contributed by atoms with E-state index in [0.29, 0.717) is 19.0 Å². The minimum atomic E-state index is 0.514. The van der Waals surface area contributed by atoms with Crippen molar-refractivity contribution in [1.82, 2.24) is 9.78 Å². The van der Waals surface area contributed by atoms with Crippen molar-refractivity contribution in [3.05, 3.63) is 24.3 Å². The lowest BCUT2D eigenvalue weighted by Crippen LogP contribution is -1.97. The fraction of sp³-hybridized carbons (Fsp3) is 0.308. The lowest BCUT2D eigenvalue weighted by Gasteiger charge is -2.09. The molecule has 0 spiro atoms. The van der Waals surface area contributed by atoms with Crippen LogP contribution in [0.3, 0.4) is 0 Å². The molecule has 0 bridgehead atoms. The maximum atomic E-state index is 5.69. The third-order valence-electron chi connectivity index (χ3n) is 2.94. The first-order valence-corrected chi connectivity index (χ1v) is 5.93. The van der Waals surface area contributed by atoms with E-state index < -0.39 is 0 Å². The van der Waals surface area contributed by atoms with Crippen molar-refractivity contribution in [2.45, 2.75) is 6.42 Å². The van der Waals surface area contributed by atoms with Crippen LogP contribution in [-0.4, -0.2) is 23.0 Å². The van der Waals surface area contributed by atoms with Gasteiger partial charge in [-0.05, 0) is 18.2 Å². The van der Waals surface area contributed by atoms with E-state index in [9.17, 15) is 0 Å². The van der Waals surface area contributed by atoms with Crippen molar-refractivity contribution < 1.29 is 9.47 Å². The number of rotatable bonds is 1. The van der Waals surface area contributed by atoms with E-state index in [4.69, 9.17) is 15.2 Å². The van der Waals surface area contributed by atoms with Gasteiger partial charge in [-0.25, -0.2) is 0 Å². The number of nitrogen functional groups attached to an aromatic ring is 1. The highest BCUT2D eigenvalue weighted by molar-refractivity contribution is 5.66. The summed E-state index contributed by atoms with van der Waals surface area (Å²) in [4.78, 5) is 0. The van der Waals surface area contributed by atoms with Gasteiger partial charge in [0.15, 0.2) is 11.5 Å². The molecular formula is C13H15N3O2. The number of hydrogen-bond donors (Lipinski definition) is 1. The second kappa shape index (κ2) is 4.25. The van der Waals surface area contributed by atoms with Crippen LogP contribution in [-0.2, 0) is 7.05 Å². The van der Waals surface area contributed by atoms with Crippen LogP contribution >= 0.6 is 0 Å². The summed E-state index contributed by atoms with van der Waals surface area (Å²) in [7, 11) is 1.87. The third kappa shape index (κ3) is 1.88.